The first-order valence-electron chi connectivity index (χ1n) is 2.85. The van der Waals surface area contributed by atoms with Crippen molar-refractivity contribution in [2.24, 2.45) is 0 Å². The second-order valence-corrected chi connectivity index (χ2v) is 2.77. The fourth-order valence-electron chi connectivity index (χ4n) is 0.648. The lowest BCUT2D eigenvalue weighted by atomic mass is 10.3. The van der Waals surface area contributed by atoms with E-state index in [1.807, 2.05) is 0 Å². The molecular weight excluding hydrogens is 239 g/mol. The Hall–Kier alpha value is -0.780. The highest BCUT2D eigenvalue weighted by Gasteiger charge is 2.18. The first-order valence-corrected chi connectivity index (χ1v) is 3.64. The van der Waals surface area contributed by atoms with E-state index in [9.17, 15) is 13.2 Å². The Balaban J connectivity index is 3.28. The molecule has 0 bridgehead atoms. The van der Waals surface area contributed by atoms with Gasteiger partial charge in [-0.25, -0.2) is 18.2 Å². The molecule has 1 aromatic rings. The van der Waals surface area contributed by atoms with Gasteiger partial charge in [-0.1, -0.05) is 0 Å². The molecule has 12 heavy (non-hydrogen) atoms. The van der Waals surface area contributed by atoms with Crippen molar-refractivity contribution in [2.75, 3.05) is 0 Å². The molecule has 6 heteroatoms. The summed E-state index contributed by atoms with van der Waals surface area (Å²) in [4.78, 5) is 3.21. The predicted octanol–water partition coefficient (Wildman–Crippen LogP) is 2.63. The van der Waals surface area contributed by atoms with Crippen LogP contribution in [0.4, 0.5) is 13.2 Å². The van der Waals surface area contributed by atoms with E-state index in [2.05, 4.69) is 20.9 Å². The number of pyridine rings is 1. The summed E-state index contributed by atoms with van der Waals surface area (Å²) in [7, 11) is 0. The van der Waals surface area contributed by atoms with Crippen molar-refractivity contribution < 1.29 is 18.3 Å². The van der Waals surface area contributed by atoms with E-state index >= 15 is 0 Å². The second-order valence-electron chi connectivity index (χ2n) is 1.96. The van der Waals surface area contributed by atoms with Gasteiger partial charge < -0.3 is 5.11 Å². The molecular formula is C6H3BrF3NO. The quantitative estimate of drug-likeness (QED) is 0.768. The van der Waals surface area contributed by atoms with Gasteiger partial charge in [0.15, 0.2) is 17.3 Å². The van der Waals surface area contributed by atoms with Crippen LogP contribution in [0.2, 0.25) is 0 Å². The summed E-state index contributed by atoms with van der Waals surface area (Å²) in [5.41, 5.74) is -0.957. The SMILES string of the molecule is Oc1c(F)cc(Br)nc1C(F)F. The van der Waals surface area contributed by atoms with Crippen LogP contribution in [-0.4, -0.2) is 10.1 Å². The van der Waals surface area contributed by atoms with Crippen LogP contribution in [0, 0.1) is 5.82 Å². The average molecular weight is 242 g/mol. The maximum atomic E-state index is 12.5. The Kier molecular flexibility index (Phi) is 2.56. The van der Waals surface area contributed by atoms with Crippen LogP contribution in [0.3, 0.4) is 0 Å². The first-order chi connectivity index (χ1) is 5.52. The molecule has 0 aliphatic heterocycles. The Morgan fingerprint density at radius 2 is 2.08 bits per heavy atom. The number of alkyl halides is 2. The van der Waals surface area contributed by atoms with Crippen LogP contribution in [0.1, 0.15) is 12.1 Å². The molecule has 0 aliphatic carbocycles. The van der Waals surface area contributed by atoms with E-state index in [1.165, 1.54) is 0 Å². The average Bonchev–Trinajstić information content (AvgIpc) is 1.96. The van der Waals surface area contributed by atoms with Crippen molar-refractivity contribution in [1.29, 1.82) is 0 Å². The zero-order valence-corrected chi connectivity index (χ0v) is 7.15. The fraction of sp³-hybridized carbons (Fsp3) is 0.167. The van der Waals surface area contributed by atoms with Gasteiger partial charge in [0, 0.05) is 6.07 Å². The molecule has 0 fully saturated rings. The lowest BCUT2D eigenvalue weighted by molar-refractivity contribution is 0.140. The van der Waals surface area contributed by atoms with E-state index in [1.54, 1.807) is 0 Å². The van der Waals surface area contributed by atoms with E-state index in [-0.39, 0.29) is 4.60 Å². The minimum atomic E-state index is -2.99. The van der Waals surface area contributed by atoms with Gasteiger partial charge in [-0.05, 0) is 15.9 Å². The zero-order valence-electron chi connectivity index (χ0n) is 5.56. The monoisotopic (exact) mass is 241 g/mol. The number of hydrogen-bond acceptors (Lipinski definition) is 2. The van der Waals surface area contributed by atoms with E-state index < -0.39 is 23.7 Å². The van der Waals surface area contributed by atoms with Gasteiger partial charge in [-0.2, -0.15) is 0 Å². The third kappa shape index (κ3) is 1.69. The standard InChI is InChI=1S/C6H3BrF3NO/c7-3-1-2(8)5(12)4(11-3)6(9)10/h1,6,12H. The lowest BCUT2D eigenvalue weighted by Crippen LogP contribution is -1.94. The van der Waals surface area contributed by atoms with Gasteiger partial charge in [0.25, 0.3) is 6.43 Å². The summed E-state index contributed by atoms with van der Waals surface area (Å²) in [6.07, 6.45) is -2.99. The molecule has 0 spiro atoms. The van der Waals surface area contributed by atoms with Gasteiger partial charge in [0.2, 0.25) is 0 Å². The number of rotatable bonds is 1. The van der Waals surface area contributed by atoms with Crippen LogP contribution < -0.4 is 0 Å². The smallest absolute Gasteiger partial charge is 0.284 e. The summed E-state index contributed by atoms with van der Waals surface area (Å²) in [5.74, 6) is -2.22. The molecule has 0 aromatic carbocycles. The molecule has 0 saturated heterocycles. The Bertz CT molecular complexity index is 305. The molecule has 1 N–H and O–H groups in total. The van der Waals surface area contributed by atoms with Crippen LogP contribution in [0.5, 0.6) is 5.75 Å². The van der Waals surface area contributed by atoms with E-state index in [0.717, 1.165) is 6.07 Å². The summed E-state index contributed by atoms with van der Waals surface area (Å²) < 4.78 is 36.4. The molecule has 0 radical (unpaired) electrons. The molecule has 1 rings (SSSR count). The summed E-state index contributed by atoms with van der Waals surface area (Å²) in [6, 6.07) is 0.807. The topological polar surface area (TPSA) is 33.1 Å². The van der Waals surface area contributed by atoms with Gasteiger partial charge in [-0.15, -0.1) is 0 Å². The largest absolute Gasteiger partial charge is 0.503 e. The number of aromatic hydroxyl groups is 1. The highest BCUT2D eigenvalue weighted by Crippen LogP contribution is 2.30. The minimum absolute atomic E-state index is 0.0758. The molecule has 0 saturated carbocycles. The van der Waals surface area contributed by atoms with Crippen molar-refractivity contribution in [2.45, 2.75) is 6.43 Å². The van der Waals surface area contributed by atoms with Gasteiger partial charge in [0.05, 0.1) is 0 Å². The Labute approximate surface area is 74.2 Å². The number of halogens is 4. The van der Waals surface area contributed by atoms with E-state index in [4.69, 9.17) is 5.11 Å². The van der Waals surface area contributed by atoms with Gasteiger partial charge >= 0.3 is 0 Å². The summed E-state index contributed by atoms with van der Waals surface area (Å²) >= 11 is 2.72. The van der Waals surface area contributed by atoms with Crippen molar-refractivity contribution in [3.8, 4) is 5.75 Å². The molecule has 1 heterocycles. The third-order valence-electron chi connectivity index (χ3n) is 1.15. The maximum Gasteiger partial charge on any atom is 0.284 e. The zero-order chi connectivity index (χ0) is 9.30. The molecule has 0 unspecified atom stereocenters. The van der Waals surface area contributed by atoms with Crippen LogP contribution >= 0.6 is 15.9 Å². The van der Waals surface area contributed by atoms with Crippen molar-refractivity contribution in [3.05, 3.63) is 22.2 Å². The highest BCUT2D eigenvalue weighted by molar-refractivity contribution is 9.10. The third-order valence-corrected chi connectivity index (χ3v) is 1.55. The summed E-state index contributed by atoms with van der Waals surface area (Å²) in [5, 5.41) is 8.75. The van der Waals surface area contributed by atoms with Crippen LogP contribution in [0.25, 0.3) is 0 Å². The predicted molar refractivity (Wildman–Crippen MR) is 38.5 cm³/mol. The minimum Gasteiger partial charge on any atom is -0.503 e. The van der Waals surface area contributed by atoms with Crippen molar-refractivity contribution in [1.82, 2.24) is 4.98 Å². The summed E-state index contributed by atoms with van der Waals surface area (Å²) in [6.45, 7) is 0. The first kappa shape index (κ1) is 9.31. The van der Waals surface area contributed by atoms with Crippen molar-refractivity contribution in [3.63, 3.8) is 0 Å². The maximum absolute atomic E-state index is 12.5. The normalized spacial score (nSPS) is 10.8. The molecule has 0 atom stereocenters. The number of nitrogens with zero attached hydrogens (tertiary/aromatic N) is 1. The molecule has 2 nitrogen and oxygen atoms in total. The van der Waals surface area contributed by atoms with Gasteiger partial charge in [0.1, 0.15) is 4.60 Å². The Morgan fingerprint density at radius 1 is 1.50 bits per heavy atom. The number of hydrogen-bond donors (Lipinski definition) is 1. The molecule has 0 amide bonds. The van der Waals surface area contributed by atoms with E-state index in [0.29, 0.717) is 0 Å². The Morgan fingerprint density at radius 3 is 2.58 bits per heavy atom. The molecule has 1 aromatic heterocycles. The van der Waals surface area contributed by atoms with Crippen molar-refractivity contribution >= 4 is 15.9 Å². The fourth-order valence-corrected chi connectivity index (χ4v) is 1.04. The van der Waals surface area contributed by atoms with Crippen LogP contribution in [0.15, 0.2) is 10.7 Å². The highest BCUT2D eigenvalue weighted by atomic mass is 79.9. The molecule has 0 aliphatic rings. The lowest BCUT2D eigenvalue weighted by Gasteiger charge is -2.03. The van der Waals surface area contributed by atoms with Crippen LogP contribution in [-0.2, 0) is 0 Å². The molecule has 66 valence electrons. The van der Waals surface area contributed by atoms with Gasteiger partial charge in [-0.3, -0.25) is 0 Å². The second kappa shape index (κ2) is 3.30. The number of aromatic nitrogens is 1.